The van der Waals surface area contributed by atoms with Crippen LogP contribution in [-0.4, -0.2) is 46.9 Å². The van der Waals surface area contributed by atoms with Crippen LogP contribution in [0.5, 0.6) is 0 Å². The number of benzene rings is 3. The summed E-state index contributed by atoms with van der Waals surface area (Å²) in [5, 5.41) is 7.60. The minimum Gasteiger partial charge on any atom is -0.444 e. The molecular formula is C32H40N4O5. The van der Waals surface area contributed by atoms with Crippen LogP contribution in [0.15, 0.2) is 72.8 Å². The number of fused-ring (bicyclic) bond motifs is 1. The highest BCUT2D eigenvalue weighted by atomic mass is 16.6. The Kier molecular flexibility index (Phi) is 10.9. The smallest absolute Gasteiger partial charge is 0.408 e. The number of carbonyl (C=O) groups excluding carboxylic acids is 4. The summed E-state index contributed by atoms with van der Waals surface area (Å²) in [6.45, 7) is 7.37. The minimum absolute atomic E-state index is 0.0379. The highest BCUT2D eigenvalue weighted by molar-refractivity contribution is 6.00. The van der Waals surface area contributed by atoms with Crippen molar-refractivity contribution in [2.24, 2.45) is 5.73 Å². The first-order valence-electron chi connectivity index (χ1n) is 13.9. The summed E-state index contributed by atoms with van der Waals surface area (Å²) in [4.78, 5) is 53.9. The second-order valence-electron chi connectivity index (χ2n) is 11.0. The van der Waals surface area contributed by atoms with Gasteiger partial charge in [-0.05, 0) is 62.1 Å². The predicted octanol–water partition coefficient (Wildman–Crippen LogP) is 5.31. The van der Waals surface area contributed by atoms with Gasteiger partial charge in [0.15, 0.2) is 0 Å². The van der Waals surface area contributed by atoms with Gasteiger partial charge in [-0.25, -0.2) is 4.79 Å². The number of hydrogen-bond donors (Lipinski definition) is 3. The Morgan fingerprint density at radius 3 is 2.22 bits per heavy atom. The standard InChI is InChI=1S/C32H40N4O5/c1-5-6-20-36(30(39)26(18-19-27(33)37)35-31(40)41-32(2,3)4)28(23-13-8-7-9-14-23)29(38)34-25-17-16-22-12-10-11-15-24(22)21-25/h7-17,21,26,28H,5-6,18-20H2,1-4H3,(H2,33,37)(H,34,38)(H,35,40). The van der Waals surface area contributed by atoms with Crippen molar-refractivity contribution >= 4 is 40.3 Å². The number of primary amides is 1. The van der Waals surface area contributed by atoms with Crippen molar-refractivity contribution in [1.82, 2.24) is 10.2 Å². The Balaban J connectivity index is 1.99. The third-order valence-corrected chi connectivity index (χ3v) is 6.40. The number of nitrogens with zero attached hydrogens (tertiary/aromatic N) is 1. The highest BCUT2D eigenvalue weighted by Gasteiger charge is 2.36. The van der Waals surface area contributed by atoms with Crippen molar-refractivity contribution in [3.63, 3.8) is 0 Å². The van der Waals surface area contributed by atoms with Gasteiger partial charge >= 0.3 is 6.09 Å². The first kappa shape index (κ1) is 31.1. The van der Waals surface area contributed by atoms with Gasteiger partial charge in [-0.3, -0.25) is 14.4 Å². The van der Waals surface area contributed by atoms with Gasteiger partial charge in [0.05, 0.1) is 0 Å². The van der Waals surface area contributed by atoms with Crippen molar-refractivity contribution in [3.8, 4) is 0 Å². The first-order valence-corrected chi connectivity index (χ1v) is 13.9. The van der Waals surface area contributed by atoms with E-state index in [9.17, 15) is 19.2 Å². The fraction of sp³-hybridized carbons (Fsp3) is 0.375. The highest BCUT2D eigenvalue weighted by Crippen LogP contribution is 2.27. The number of anilines is 1. The van der Waals surface area contributed by atoms with Gasteiger partial charge in [0.2, 0.25) is 11.8 Å². The third-order valence-electron chi connectivity index (χ3n) is 6.40. The summed E-state index contributed by atoms with van der Waals surface area (Å²) in [6.07, 6.45) is 0.417. The Morgan fingerprint density at radius 2 is 1.59 bits per heavy atom. The summed E-state index contributed by atoms with van der Waals surface area (Å²) in [7, 11) is 0. The first-order chi connectivity index (χ1) is 19.5. The van der Waals surface area contributed by atoms with Crippen LogP contribution in [0.25, 0.3) is 10.8 Å². The monoisotopic (exact) mass is 560 g/mol. The van der Waals surface area contributed by atoms with E-state index >= 15 is 0 Å². The molecule has 2 atom stereocenters. The lowest BCUT2D eigenvalue weighted by Gasteiger charge is -2.34. The second kappa shape index (κ2) is 14.3. The average molecular weight is 561 g/mol. The van der Waals surface area contributed by atoms with E-state index in [2.05, 4.69) is 10.6 Å². The molecule has 0 aliphatic carbocycles. The minimum atomic E-state index is -1.13. The van der Waals surface area contributed by atoms with E-state index in [1.54, 1.807) is 45.0 Å². The average Bonchev–Trinajstić information content (AvgIpc) is 2.92. The predicted molar refractivity (Wildman–Crippen MR) is 160 cm³/mol. The maximum absolute atomic E-state index is 14.1. The van der Waals surface area contributed by atoms with E-state index < -0.39 is 41.5 Å². The van der Waals surface area contributed by atoms with Gasteiger partial charge < -0.3 is 26.0 Å². The van der Waals surface area contributed by atoms with E-state index in [1.807, 2.05) is 55.5 Å². The molecule has 3 rings (SSSR count). The molecule has 0 spiro atoms. The van der Waals surface area contributed by atoms with Crippen molar-refractivity contribution < 1.29 is 23.9 Å². The molecule has 4 amide bonds. The molecule has 0 aliphatic rings. The van der Waals surface area contributed by atoms with E-state index in [-0.39, 0.29) is 19.4 Å². The molecule has 4 N–H and O–H groups in total. The topological polar surface area (TPSA) is 131 Å². The van der Waals surface area contributed by atoms with Crippen molar-refractivity contribution in [1.29, 1.82) is 0 Å². The Morgan fingerprint density at radius 1 is 0.927 bits per heavy atom. The van der Waals surface area contributed by atoms with Crippen LogP contribution < -0.4 is 16.4 Å². The quantitative estimate of drug-likeness (QED) is 0.276. The van der Waals surface area contributed by atoms with Gasteiger partial charge in [-0.15, -0.1) is 0 Å². The molecule has 2 unspecified atom stereocenters. The summed E-state index contributed by atoms with van der Waals surface area (Å²) in [5.74, 6) is -1.52. The normalized spacial score (nSPS) is 12.7. The van der Waals surface area contributed by atoms with Gasteiger partial charge in [0.25, 0.3) is 5.91 Å². The Bertz CT molecular complexity index is 1350. The molecule has 3 aromatic carbocycles. The van der Waals surface area contributed by atoms with Crippen LogP contribution in [0.2, 0.25) is 0 Å². The van der Waals surface area contributed by atoms with Crippen molar-refractivity contribution in [2.75, 3.05) is 11.9 Å². The van der Waals surface area contributed by atoms with E-state index in [1.165, 1.54) is 4.90 Å². The molecule has 218 valence electrons. The van der Waals surface area contributed by atoms with Crippen LogP contribution in [0.1, 0.15) is 65.0 Å². The molecule has 0 aliphatic heterocycles. The molecule has 0 saturated carbocycles. The lowest BCUT2D eigenvalue weighted by molar-refractivity contribution is -0.141. The number of hydrogen-bond acceptors (Lipinski definition) is 5. The van der Waals surface area contributed by atoms with Crippen molar-refractivity contribution in [3.05, 3.63) is 78.4 Å². The molecule has 3 aromatic rings. The maximum atomic E-state index is 14.1. The van der Waals surface area contributed by atoms with Crippen LogP contribution in [0.3, 0.4) is 0 Å². The molecule has 0 radical (unpaired) electrons. The van der Waals surface area contributed by atoms with Crippen LogP contribution in [-0.2, 0) is 19.1 Å². The summed E-state index contributed by atoms with van der Waals surface area (Å²) < 4.78 is 5.38. The molecule has 41 heavy (non-hydrogen) atoms. The third kappa shape index (κ3) is 9.34. The molecule has 0 bridgehead atoms. The van der Waals surface area contributed by atoms with Gasteiger partial charge in [0, 0.05) is 18.7 Å². The molecule has 0 aromatic heterocycles. The van der Waals surface area contributed by atoms with Gasteiger partial charge in [-0.1, -0.05) is 74.0 Å². The maximum Gasteiger partial charge on any atom is 0.408 e. The van der Waals surface area contributed by atoms with Crippen LogP contribution in [0.4, 0.5) is 10.5 Å². The molecular weight excluding hydrogens is 520 g/mol. The Hall–Kier alpha value is -4.40. The van der Waals surface area contributed by atoms with E-state index in [0.717, 1.165) is 17.2 Å². The lowest BCUT2D eigenvalue weighted by atomic mass is 10.0. The number of amides is 4. The summed E-state index contributed by atoms with van der Waals surface area (Å²) in [6, 6.07) is 20.3. The van der Waals surface area contributed by atoms with Crippen molar-refractivity contribution in [2.45, 2.75) is 71.1 Å². The number of nitrogens with one attached hydrogen (secondary N) is 2. The number of nitrogens with two attached hydrogens (primary N) is 1. The molecule has 9 heteroatoms. The summed E-state index contributed by atoms with van der Waals surface area (Å²) >= 11 is 0. The zero-order valence-corrected chi connectivity index (χ0v) is 24.2. The van der Waals surface area contributed by atoms with Gasteiger partial charge in [-0.2, -0.15) is 0 Å². The number of carbonyl (C=O) groups is 4. The number of ether oxygens (including phenoxy) is 1. The Labute approximate surface area is 241 Å². The van der Waals surface area contributed by atoms with Gasteiger partial charge in [0.1, 0.15) is 17.7 Å². The SMILES string of the molecule is CCCCN(C(=O)C(CCC(N)=O)NC(=O)OC(C)(C)C)C(C(=O)Nc1ccc2ccccc2c1)c1ccccc1. The van der Waals surface area contributed by atoms with Crippen LogP contribution in [0, 0.1) is 0 Å². The van der Waals surface area contributed by atoms with E-state index in [0.29, 0.717) is 17.7 Å². The number of unbranched alkanes of at least 4 members (excludes halogenated alkanes) is 1. The second-order valence-corrected chi connectivity index (χ2v) is 11.0. The summed E-state index contributed by atoms with van der Waals surface area (Å²) in [5.41, 5.74) is 5.79. The molecule has 0 fully saturated rings. The fourth-order valence-corrected chi connectivity index (χ4v) is 4.47. The lowest BCUT2D eigenvalue weighted by Crippen LogP contribution is -2.52. The number of alkyl carbamates (subject to hydrolysis) is 1. The van der Waals surface area contributed by atoms with E-state index in [4.69, 9.17) is 10.5 Å². The molecule has 9 nitrogen and oxygen atoms in total. The molecule has 0 heterocycles. The zero-order chi connectivity index (χ0) is 30.0. The largest absolute Gasteiger partial charge is 0.444 e. The zero-order valence-electron chi connectivity index (χ0n) is 24.2. The fourth-order valence-electron chi connectivity index (χ4n) is 4.47. The van der Waals surface area contributed by atoms with Crippen LogP contribution >= 0.6 is 0 Å². The number of rotatable bonds is 12. The molecule has 0 saturated heterocycles.